The Hall–Kier alpha value is -0.980. The fourth-order valence-corrected chi connectivity index (χ4v) is 4.29. The van der Waals surface area contributed by atoms with Crippen LogP contribution in [0.2, 0.25) is 0 Å². The number of piperidine rings is 1. The van der Waals surface area contributed by atoms with Crippen LogP contribution in [-0.2, 0) is 10.0 Å². The minimum absolute atomic E-state index is 0.0186. The van der Waals surface area contributed by atoms with Gasteiger partial charge in [-0.3, -0.25) is 0 Å². The highest BCUT2D eigenvalue weighted by Crippen LogP contribution is 2.28. The zero-order valence-electron chi connectivity index (χ0n) is 11.8. The number of rotatable bonds is 3. The Bertz CT molecular complexity index is 589. The summed E-state index contributed by atoms with van der Waals surface area (Å²) in [6.45, 7) is 4.38. The van der Waals surface area contributed by atoms with E-state index in [1.807, 2.05) is 6.92 Å². The van der Waals surface area contributed by atoms with E-state index in [1.54, 1.807) is 6.92 Å². The molecule has 0 radical (unpaired) electrons. The molecule has 0 saturated carbocycles. The summed E-state index contributed by atoms with van der Waals surface area (Å²) in [6.07, 6.45) is 1.72. The van der Waals surface area contributed by atoms with Crippen LogP contribution in [0.3, 0.4) is 0 Å². The quantitative estimate of drug-likeness (QED) is 0.927. The van der Waals surface area contributed by atoms with Crippen molar-refractivity contribution in [2.24, 2.45) is 11.7 Å². The highest BCUT2D eigenvalue weighted by atomic mass is 32.2. The average Bonchev–Trinajstić information content (AvgIpc) is 2.42. The predicted octanol–water partition coefficient (Wildman–Crippen LogP) is 1.88. The first-order valence-corrected chi connectivity index (χ1v) is 8.28. The number of hydrogen-bond acceptors (Lipinski definition) is 3. The molecule has 1 aromatic carbocycles. The van der Waals surface area contributed by atoms with Crippen molar-refractivity contribution in [3.05, 3.63) is 29.6 Å². The molecule has 2 rings (SSSR count). The van der Waals surface area contributed by atoms with Gasteiger partial charge in [-0.05, 0) is 56.8 Å². The summed E-state index contributed by atoms with van der Waals surface area (Å²) in [5.74, 6) is -0.317. The molecule has 6 heteroatoms. The van der Waals surface area contributed by atoms with Gasteiger partial charge in [0, 0.05) is 12.6 Å². The highest BCUT2D eigenvalue weighted by Gasteiger charge is 2.34. The van der Waals surface area contributed by atoms with Gasteiger partial charge >= 0.3 is 0 Å². The smallest absolute Gasteiger partial charge is 0.243 e. The Morgan fingerprint density at radius 3 is 2.70 bits per heavy atom. The summed E-state index contributed by atoms with van der Waals surface area (Å²) in [5, 5.41) is 0. The lowest BCUT2D eigenvalue weighted by molar-refractivity contribution is 0.211. The number of nitrogens with two attached hydrogens (primary N) is 1. The molecule has 2 unspecified atom stereocenters. The lowest BCUT2D eigenvalue weighted by Crippen LogP contribution is -2.47. The third kappa shape index (κ3) is 2.87. The fraction of sp³-hybridized carbons (Fsp3) is 0.571. The van der Waals surface area contributed by atoms with Crippen molar-refractivity contribution >= 4 is 10.0 Å². The second kappa shape index (κ2) is 5.79. The van der Waals surface area contributed by atoms with Crippen LogP contribution in [0.1, 0.15) is 25.3 Å². The van der Waals surface area contributed by atoms with Crippen LogP contribution < -0.4 is 5.73 Å². The third-order valence-electron chi connectivity index (χ3n) is 4.01. The maximum absolute atomic E-state index is 13.6. The first-order valence-electron chi connectivity index (χ1n) is 6.84. The molecule has 0 amide bonds. The van der Waals surface area contributed by atoms with Crippen molar-refractivity contribution in [3.8, 4) is 0 Å². The van der Waals surface area contributed by atoms with Gasteiger partial charge in [0.1, 0.15) is 5.82 Å². The van der Waals surface area contributed by atoms with E-state index < -0.39 is 15.8 Å². The average molecular weight is 300 g/mol. The molecule has 1 aromatic rings. The Kier molecular flexibility index (Phi) is 4.46. The van der Waals surface area contributed by atoms with Gasteiger partial charge in [-0.25, -0.2) is 12.8 Å². The van der Waals surface area contributed by atoms with Crippen molar-refractivity contribution in [1.29, 1.82) is 0 Å². The lowest BCUT2D eigenvalue weighted by atomic mass is 9.96. The van der Waals surface area contributed by atoms with Crippen molar-refractivity contribution in [2.75, 3.05) is 13.1 Å². The topological polar surface area (TPSA) is 63.4 Å². The van der Waals surface area contributed by atoms with Gasteiger partial charge in [-0.15, -0.1) is 0 Å². The van der Waals surface area contributed by atoms with Gasteiger partial charge in [0.05, 0.1) is 4.90 Å². The minimum atomic E-state index is -3.66. The van der Waals surface area contributed by atoms with E-state index in [0.29, 0.717) is 18.7 Å². The van der Waals surface area contributed by atoms with Gasteiger partial charge < -0.3 is 5.73 Å². The van der Waals surface area contributed by atoms with Gasteiger partial charge in [-0.1, -0.05) is 6.07 Å². The second-order valence-corrected chi connectivity index (χ2v) is 7.40. The molecular formula is C14H21FN2O2S. The Labute approximate surface area is 119 Å². The van der Waals surface area contributed by atoms with Crippen LogP contribution in [0.5, 0.6) is 0 Å². The van der Waals surface area contributed by atoms with Crippen LogP contribution in [0.4, 0.5) is 4.39 Å². The molecule has 1 fully saturated rings. The molecule has 2 atom stereocenters. The first-order chi connectivity index (χ1) is 9.36. The monoisotopic (exact) mass is 300 g/mol. The standard InChI is InChI=1S/C14H21FN2O2S/c1-10-3-6-13(7-14(10)15)20(18,19)17-9-12(8-16)5-4-11(17)2/h3,6-7,11-12H,4-5,8-9,16H2,1-2H3. The molecule has 0 aliphatic carbocycles. The summed E-state index contributed by atoms with van der Waals surface area (Å²) in [6, 6.07) is 3.99. The number of aryl methyl sites for hydroxylation is 1. The van der Waals surface area contributed by atoms with Crippen LogP contribution in [0, 0.1) is 18.7 Å². The van der Waals surface area contributed by atoms with Crippen molar-refractivity contribution < 1.29 is 12.8 Å². The molecule has 20 heavy (non-hydrogen) atoms. The molecule has 112 valence electrons. The van der Waals surface area contributed by atoms with Crippen LogP contribution in [-0.4, -0.2) is 31.9 Å². The summed E-state index contributed by atoms with van der Waals surface area (Å²) in [4.78, 5) is 0.0186. The third-order valence-corrected chi connectivity index (χ3v) is 5.98. The van der Waals surface area contributed by atoms with Crippen LogP contribution in [0.15, 0.2) is 23.1 Å². The van der Waals surface area contributed by atoms with E-state index in [0.717, 1.165) is 18.9 Å². The molecule has 0 bridgehead atoms. The summed E-state index contributed by atoms with van der Waals surface area (Å²) in [7, 11) is -3.66. The van der Waals surface area contributed by atoms with Gasteiger partial charge in [-0.2, -0.15) is 4.31 Å². The van der Waals surface area contributed by atoms with E-state index in [4.69, 9.17) is 5.73 Å². The Morgan fingerprint density at radius 2 is 2.10 bits per heavy atom. The highest BCUT2D eigenvalue weighted by molar-refractivity contribution is 7.89. The summed E-state index contributed by atoms with van der Waals surface area (Å²) in [5.41, 5.74) is 6.10. The molecule has 1 aliphatic rings. The van der Waals surface area contributed by atoms with Gasteiger partial charge in [0.25, 0.3) is 0 Å². The maximum atomic E-state index is 13.6. The number of benzene rings is 1. The number of hydrogen-bond donors (Lipinski definition) is 1. The lowest BCUT2D eigenvalue weighted by Gasteiger charge is -2.36. The first kappa shape index (κ1) is 15.4. The summed E-state index contributed by atoms with van der Waals surface area (Å²) >= 11 is 0. The van der Waals surface area contributed by atoms with Crippen molar-refractivity contribution in [1.82, 2.24) is 4.31 Å². The van der Waals surface area contributed by atoms with E-state index >= 15 is 0 Å². The van der Waals surface area contributed by atoms with Crippen LogP contribution in [0.25, 0.3) is 0 Å². The van der Waals surface area contributed by atoms with Crippen LogP contribution >= 0.6 is 0 Å². The Balaban J connectivity index is 2.35. The number of halogens is 1. The number of sulfonamides is 1. The molecule has 1 saturated heterocycles. The van der Waals surface area contributed by atoms with E-state index in [-0.39, 0.29) is 16.9 Å². The van der Waals surface area contributed by atoms with Crippen molar-refractivity contribution in [3.63, 3.8) is 0 Å². The predicted molar refractivity (Wildman–Crippen MR) is 76.3 cm³/mol. The van der Waals surface area contributed by atoms with Gasteiger partial charge in [0.15, 0.2) is 0 Å². The maximum Gasteiger partial charge on any atom is 0.243 e. The van der Waals surface area contributed by atoms with Crippen molar-refractivity contribution in [2.45, 2.75) is 37.6 Å². The number of nitrogens with zero attached hydrogens (tertiary/aromatic N) is 1. The molecule has 1 heterocycles. The SMILES string of the molecule is Cc1ccc(S(=O)(=O)N2CC(CN)CCC2C)cc1F. The Morgan fingerprint density at radius 1 is 1.40 bits per heavy atom. The molecule has 0 spiro atoms. The molecule has 2 N–H and O–H groups in total. The molecule has 1 aliphatic heterocycles. The van der Waals surface area contributed by atoms with Gasteiger partial charge in [0.2, 0.25) is 10.0 Å². The zero-order chi connectivity index (χ0) is 14.9. The molecule has 4 nitrogen and oxygen atoms in total. The second-order valence-electron chi connectivity index (χ2n) is 5.51. The van der Waals surface area contributed by atoms with E-state index in [9.17, 15) is 12.8 Å². The fourth-order valence-electron chi connectivity index (χ4n) is 2.54. The zero-order valence-corrected chi connectivity index (χ0v) is 12.7. The molecule has 0 aromatic heterocycles. The largest absolute Gasteiger partial charge is 0.330 e. The van der Waals surface area contributed by atoms with E-state index in [1.165, 1.54) is 16.4 Å². The normalized spacial score (nSPS) is 24.8. The van der Waals surface area contributed by atoms with E-state index in [2.05, 4.69) is 0 Å². The molecular weight excluding hydrogens is 279 g/mol. The summed E-state index contributed by atoms with van der Waals surface area (Å²) < 4.78 is 40.4. The minimum Gasteiger partial charge on any atom is -0.330 e.